The molecule has 0 saturated carbocycles. The Labute approximate surface area is 212 Å². The molecule has 0 unspecified atom stereocenters. The summed E-state index contributed by atoms with van der Waals surface area (Å²) in [4.78, 5) is 12.7. The molecule has 3 aromatic rings. The molecule has 0 amide bonds. The number of aromatic hydroxyl groups is 1. The number of nitrogens with zero attached hydrogens (tertiary/aromatic N) is 2. The second-order valence-electron chi connectivity index (χ2n) is 7.30. The molecule has 1 radical (unpaired) electrons. The molecule has 3 rings (SSSR count). The van der Waals surface area contributed by atoms with Gasteiger partial charge in [0.2, 0.25) is 5.88 Å². The molecular weight excluding hydrogens is 611 g/mol. The van der Waals surface area contributed by atoms with Crippen molar-refractivity contribution in [1.29, 1.82) is 0 Å². The minimum absolute atomic E-state index is 0. The van der Waals surface area contributed by atoms with E-state index in [0.29, 0.717) is 0 Å². The molecule has 211 valence electrons. The molecule has 0 bridgehead atoms. The van der Waals surface area contributed by atoms with Crippen molar-refractivity contribution >= 4 is 5.78 Å². The van der Waals surface area contributed by atoms with Crippen molar-refractivity contribution in [2.75, 3.05) is 0 Å². The SMILES string of the molecule is Cc1nn(-c2c(F)c(F)c(C(F)(F)F)c(F)c2F)c(O)c1C(=O)c1cc(C(F)(F)F)cc(C(F)(F)F)c1.[Cu]. The number of carbonyl (C=O) groups is 1. The molecule has 0 fully saturated rings. The minimum Gasteiger partial charge on any atom is -0.493 e. The third kappa shape index (κ3) is 5.32. The van der Waals surface area contributed by atoms with Crippen LogP contribution in [0.25, 0.3) is 5.69 Å². The van der Waals surface area contributed by atoms with Crippen LogP contribution in [0.3, 0.4) is 0 Å². The van der Waals surface area contributed by atoms with Gasteiger partial charge >= 0.3 is 18.5 Å². The third-order valence-electron chi connectivity index (χ3n) is 4.85. The number of aromatic nitrogens is 2. The molecule has 38 heavy (non-hydrogen) atoms. The maximum Gasteiger partial charge on any atom is 0.422 e. The van der Waals surface area contributed by atoms with E-state index in [1.54, 1.807) is 0 Å². The monoisotopic (exact) mass is 617 g/mol. The van der Waals surface area contributed by atoms with E-state index in [2.05, 4.69) is 5.10 Å². The standard InChI is InChI=1S/C20H7F13N2O2.Cu/c1-5-9(16(36)6-2-7(18(25,26)27)4-8(3-6)19(28,29)30)17(37)35(34-5)15-13(23)11(21)10(20(31,32)33)12(22)14(15)24;/h2-4,37H,1H3;. The second kappa shape index (κ2) is 9.80. The molecule has 18 heteroatoms. The average molecular weight is 618 g/mol. The van der Waals surface area contributed by atoms with Gasteiger partial charge in [-0.25, -0.2) is 17.6 Å². The first-order valence-corrected chi connectivity index (χ1v) is 9.24. The van der Waals surface area contributed by atoms with Crippen molar-refractivity contribution in [2.24, 2.45) is 0 Å². The van der Waals surface area contributed by atoms with Crippen LogP contribution in [0.1, 0.15) is 38.3 Å². The van der Waals surface area contributed by atoms with Gasteiger partial charge in [0.15, 0.2) is 29.1 Å². The van der Waals surface area contributed by atoms with E-state index in [4.69, 9.17) is 0 Å². The van der Waals surface area contributed by atoms with Crippen LogP contribution in [-0.4, -0.2) is 20.7 Å². The van der Waals surface area contributed by atoms with Crippen LogP contribution in [0.4, 0.5) is 57.1 Å². The summed E-state index contributed by atoms with van der Waals surface area (Å²) in [6, 6.07) is -0.426. The van der Waals surface area contributed by atoms with E-state index in [-0.39, 0.29) is 35.3 Å². The summed E-state index contributed by atoms with van der Waals surface area (Å²) in [5.41, 5.74) is -12.4. The van der Waals surface area contributed by atoms with Gasteiger partial charge in [0.1, 0.15) is 16.8 Å². The molecule has 0 aliphatic carbocycles. The summed E-state index contributed by atoms with van der Waals surface area (Å²) in [6.45, 7) is 0.744. The van der Waals surface area contributed by atoms with Gasteiger partial charge in [-0.15, -0.1) is 0 Å². The predicted molar refractivity (Wildman–Crippen MR) is 94.7 cm³/mol. The number of alkyl halides is 9. The zero-order valence-electron chi connectivity index (χ0n) is 17.7. The first-order chi connectivity index (χ1) is 16.7. The third-order valence-corrected chi connectivity index (χ3v) is 4.85. The molecule has 0 spiro atoms. The molecule has 0 atom stereocenters. The van der Waals surface area contributed by atoms with Crippen LogP contribution in [0.2, 0.25) is 0 Å². The van der Waals surface area contributed by atoms with Gasteiger partial charge in [0.25, 0.3) is 0 Å². The van der Waals surface area contributed by atoms with Crippen molar-refractivity contribution in [1.82, 2.24) is 9.78 Å². The second-order valence-corrected chi connectivity index (χ2v) is 7.30. The number of hydrogen-bond acceptors (Lipinski definition) is 3. The van der Waals surface area contributed by atoms with Gasteiger partial charge in [-0.05, 0) is 25.1 Å². The molecule has 1 N–H and O–H groups in total. The smallest absolute Gasteiger partial charge is 0.422 e. The quantitative estimate of drug-likeness (QED) is 0.154. The van der Waals surface area contributed by atoms with E-state index in [1.807, 2.05) is 0 Å². The molecule has 1 aromatic heterocycles. The molecule has 0 aliphatic heterocycles. The number of rotatable bonds is 3. The van der Waals surface area contributed by atoms with Crippen LogP contribution in [-0.2, 0) is 35.6 Å². The molecule has 0 saturated heterocycles. The number of carbonyl (C=O) groups excluding carboxylic acids is 1. The summed E-state index contributed by atoms with van der Waals surface area (Å²) in [6.07, 6.45) is -16.7. The molecular formula is C20H7CuF13N2O2. The Morgan fingerprint density at radius 3 is 1.55 bits per heavy atom. The summed E-state index contributed by atoms with van der Waals surface area (Å²) >= 11 is 0. The zero-order valence-corrected chi connectivity index (χ0v) is 18.6. The first-order valence-electron chi connectivity index (χ1n) is 9.24. The Hall–Kier alpha value is -3.27. The van der Waals surface area contributed by atoms with Gasteiger partial charge in [-0.1, -0.05) is 0 Å². The van der Waals surface area contributed by atoms with Crippen LogP contribution in [0, 0.1) is 30.2 Å². The predicted octanol–water partition coefficient (Wildman–Crippen LogP) is 6.73. The van der Waals surface area contributed by atoms with Crippen molar-refractivity contribution in [3.05, 3.63) is 75.0 Å². The number of halogens is 13. The largest absolute Gasteiger partial charge is 0.493 e. The van der Waals surface area contributed by atoms with E-state index >= 15 is 0 Å². The fourth-order valence-electron chi connectivity index (χ4n) is 3.22. The van der Waals surface area contributed by atoms with Gasteiger partial charge < -0.3 is 5.11 Å². The summed E-state index contributed by atoms with van der Waals surface area (Å²) in [7, 11) is 0. The number of aryl methyl sites for hydroxylation is 1. The number of benzene rings is 2. The summed E-state index contributed by atoms with van der Waals surface area (Å²) in [5, 5.41) is 13.4. The average Bonchev–Trinajstić information content (AvgIpc) is 3.03. The van der Waals surface area contributed by atoms with E-state index in [9.17, 15) is 67.0 Å². The van der Waals surface area contributed by atoms with E-state index in [0.717, 1.165) is 6.92 Å². The van der Waals surface area contributed by atoms with Gasteiger partial charge in [-0.3, -0.25) is 4.79 Å². The normalized spacial score (nSPS) is 12.5. The minimum atomic E-state index is -5.92. The van der Waals surface area contributed by atoms with Crippen molar-refractivity contribution in [3.8, 4) is 11.6 Å². The van der Waals surface area contributed by atoms with Gasteiger partial charge in [0.05, 0.1) is 16.8 Å². The van der Waals surface area contributed by atoms with Crippen molar-refractivity contribution in [2.45, 2.75) is 25.5 Å². The molecule has 0 aliphatic rings. The molecule has 1 heterocycles. The summed E-state index contributed by atoms with van der Waals surface area (Å²) in [5.74, 6) is -15.0. The Balaban J connectivity index is 0.00000507. The Morgan fingerprint density at radius 2 is 1.18 bits per heavy atom. The van der Waals surface area contributed by atoms with Crippen LogP contribution in [0.15, 0.2) is 18.2 Å². The Kier molecular flexibility index (Phi) is 7.98. The molecule has 4 nitrogen and oxygen atoms in total. The Bertz CT molecular complexity index is 1360. The zero-order chi connectivity index (χ0) is 28.4. The first kappa shape index (κ1) is 31.0. The van der Waals surface area contributed by atoms with Crippen molar-refractivity contribution < 1.29 is 84.0 Å². The fraction of sp³-hybridized carbons (Fsp3) is 0.200. The maximum absolute atomic E-state index is 14.3. The van der Waals surface area contributed by atoms with Crippen molar-refractivity contribution in [3.63, 3.8) is 0 Å². The Morgan fingerprint density at radius 1 is 0.763 bits per heavy atom. The van der Waals surface area contributed by atoms with Gasteiger partial charge in [-0.2, -0.15) is 49.3 Å². The van der Waals surface area contributed by atoms with E-state index in [1.165, 1.54) is 0 Å². The number of ketones is 1. The number of hydrogen-bond donors (Lipinski definition) is 1. The summed E-state index contributed by atoms with van der Waals surface area (Å²) < 4.78 is 173. The van der Waals surface area contributed by atoms with Crippen LogP contribution < -0.4 is 0 Å². The fourth-order valence-corrected chi connectivity index (χ4v) is 3.22. The maximum atomic E-state index is 14.3. The van der Waals surface area contributed by atoms with E-state index < -0.39 is 97.3 Å². The van der Waals surface area contributed by atoms with Crippen LogP contribution in [0.5, 0.6) is 5.88 Å². The van der Waals surface area contributed by atoms with Crippen LogP contribution >= 0.6 is 0 Å². The topological polar surface area (TPSA) is 55.1 Å². The molecule has 2 aromatic carbocycles. The van der Waals surface area contributed by atoms with Gasteiger partial charge in [0, 0.05) is 22.6 Å².